The van der Waals surface area contributed by atoms with Gasteiger partial charge in [0.2, 0.25) is 0 Å². The number of phenols is 1. The number of halogens is 1. The number of ether oxygens (including phenoxy) is 1. The molecule has 0 unspecified atom stereocenters. The Morgan fingerprint density at radius 3 is 2.68 bits per heavy atom. The third-order valence-corrected chi connectivity index (χ3v) is 4.98. The van der Waals surface area contributed by atoms with Gasteiger partial charge in [-0.3, -0.25) is 4.79 Å². The molecule has 2 aromatic carbocycles. The van der Waals surface area contributed by atoms with Crippen molar-refractivity contribution in [2.75, 3.05) is 11.9 Å². The van der Waals surface area contributed by atoms with Gasteiger partial charge in [-0.15, -0.1) is 0 Å². The Balaban J connectivity index is 1.95. The first-order valence-electron chi connectivity index (χ1n) is 8.70. The van der Waals surface area contributed by atoms with E-state index in [1.54, 1.807) is 25.1 Å². The first kappa shape index (κ1) is 20.2. The summed E-state index contributed by atoms with van der Waals surface area (Å²) in [6, 6.07) is 11.9. The molecule has 0 saturated heterocycles. The molecule has 3 rings (SSSR count). The molecular weight excluding hydrogens is 442 g/mol. The average molecular weight is 462 g/mol. The molecule has 0 aliphatic carbocycles. The number of benzene rings is 2. The lowest BCUT2D eigenvalue weighted by Gasteiger charge is -2.30. The molecule has 8 heteroatoms. The molecule has 4 N–H and O–H groups in total. The van der Waals surface area contributed by atoms with Crippen molar-refractivity contribution in [3.05, 3.63) is 63.8 Å². The monoisotopic (exact) mass is 461 g/mol. The molecule has 0 aromatic heterocycles. The van der Waals surface area contributed by atoms with E-state index < -0.39 is 6.04 Å². The van der Waals surface area contributed by atoms with E-state index in [2.05, 4.69) is 31.9 Å². The number of phenolic OH excluding ortho intramolecular Hbond substituents is 1. The Hall–Kier alpha value is -2.58. The molecule has 0 bridgehead atoms. The van der Waals surface area contributed by atoms with Gasteiger partial charge in [0, 0.05) is 15.9 Å². The van der Waals surface area contributed by atoms with E-state index in [0.717, 1.165) is 10.0 Å². The molecule has 1 aliphatic rings. The highest BCUT2D eigenvalue weighted by Crippen LogP contribution is 2.34. The van der Waals surface area contributed by atoms with Crippen molar-refractivity contribution in [1.29, 1.82) is 0 Å². The van der Waals surface area contributed by atoms with Crippen molar-refractivity contribution in [2.45, 2.75) is 19.9 Å². The van der Waals surface area contributed by atoms with Gasteiger partial charge in [0.1, 0.15) is 0 Å². The summed E-state index contributed by atoms with van der Waals surface area (Å²) in [7, 11) is 0. The van der Waals surface area contributed by atoms with Gasteiger partial charge in [0.05, 0.1) is 18.2 Å². The molecule has 146 valence electrons. The fourth-order valence-corrected chi connectivity index (χ4v) is 3.49. The van der Waals surface area contributed by atoms with Crippen LogP contribution in [-0.2, 0) is 4.79 Å². The number of rotatable bonds is 5. The molecule has 1 aliphatic heterocycles. The van der Waals surface area contributed by atoms with Gasteiger partial charge in [-0.25, -0.2) is 0 Å². The van der Waals surface area contributed by atoms with E-state index in [1.165, 1.54) is 0 Å². The highest BCUT2D eigenvalue weighted by Gasteiger charge is 2.30. The van der Waals surface area contributed by atoms with Gasteiger partial charge in [-0.2, -0.15) is 0 Å². The van der Waals surface area contributed by atoms with Gasteiger partial charge in [-0.05, 0) is 68.0 Å². The van der Waals surface area contributed by atoms with Gasteiger partial charge in [-0.1, -0.05) is 22.0 Å². The summed E-state index contributed by atoms with van der Waals surface area (Å²) in [5.41, 5.74) is 2.60. The third kappa shape index (κ3) is 4.45. The van der Waals surface area contributed by atoms with Crippen LogP contribution in [0.15, 0.2) is 58.2 Å². The number of carbonyl (C=O) groups excluding carboxylic acids is 1. The summed E-state index contributed by atoms with van der Waals surface area (Å²) in [6.07, 6.45) is 0. The van der Waals surface area contributed by atoms with Crippen LogP contribution in [0.1, 0.15) is 25.5 Å². The lowest BCUT2D eigenvalue weighted by molar-refractivity contribution is -0.113. The van der Waals surface area contributed by atoms with Gasteiger partial charge in [0.15, 0.2) is 16.6 Å². The van der Waals surface area contributed by atoms with Crippen molar-refractivity contribution in [1.82, 2.24) is 10.6 Å². The first-order valence-corrected chi connectivity index (χ1v) is 9.90. The van der Waals surface area contributed by atoms with E-state index in [-0.39, 0.29) is 11.7 Å². The zero-order chi connectivity index (χ0) is 20.3. The van der Waals surface area contributed by atoms with Crippen molar-refractivity contribution in [3.8, 4) is 11.5 Å². The number of anilines is 1. The quantitative estimate of drug-likeness (QED) is 0.504. The number of carbonyl (C=O) groups is 1. The maximum Gasteiger partial charge on any atom is 0.255 e. The van der Waals surface area contributed by atoms with Crippen molar-refractivity contribution in [3.63, 3.8) is 0 Å². The SMILES string of the molecule is CCOc1cc([C@H]2NC(=S)NC(C)=C2C(=O)Nc2ccc(Br)cc2)ccc1O. The van der Waals surface area contributed by atoms with Crippen LogP contribution in [0.2, 0.25) is 0 Å². The second-order valence-corrected chi connectivity index (χ2v) is 7.52. The molecule has 1 amide bonds. The van der Waals surface area contributed by atoms with Crippen molar-refractivity contribution < 1.29 is 14.6 Å². The van der Waals surface area contributed by atoms with E-state index >= 15 is 0 Å². The molecular formula is C20H20BrN3O3S. The molecule has 0 radical (unpaired) electrons. The highest BCUT2D eigenvalue weighted by atomic mass is 79.9. The normalized spacial score (nSPS) is 16.2. The maximum absolute atomic E-state index is 13.0. The number of thiocarbonyl (C=S) groups is 1. The predicted octanol–water partition coefficient (Wildman–Crippen LogP) is 3.98. The number of amides is 1. The topological polar surface area (TPSA) is 82.6 Å². The van der Waals surface area contributed by atoms with E-state index in [1.807, 2.05) is 31.2 Å². The molecule has 1 heterocycles. The van der Waals surface area contributed by atoms with E-state index in [9.17, 15) is 9.90 Å². The van der Waals surface area contributed by atoms with Crippen molar-refractivity contribution >= 4 is 44.9 Å². The minimum atomic E-state index is -0.482. The molecule has 28 heavy (non-hydrogen) atoms. The fourth-order valence-electron chi connectivity index (χ4n) is 2.96. The van der Waals surface area contributed by atoms with Gasteiger partial charge < -0.3 is 25.8 Å². The molecule has 0 saturated carbocycles. The number of hydrogen-bond acceptors (Lipinski definition) is 4. The molecule has 6 nitrogen and oxygen atoms in total. The summed E-state index contributed by atoms with van der Waals surface area (Å²) in [5, 5.41) is 19.5. The van der Waals surface area contributed by atoms with Crippen LogP contribution < -0.4 is 20.7 Å². The van der Waals surface area contributed by atoms with Crippen LogP contribution >= 0.6 is 28.1 Å². The average Bonchev–Trinajstić information content (AvgIpc) is 2.65. The Kier molecular flexibility index (Phi) is 6.21. The van der Waals surface area contributed by atoms with E-state index in [4.69, 9.17) is 17.0 Å². The summed E-state index contributed by atoms with van der Waals surface area (Å²) in [6.45, 7) is 4.06. The van der Waals surface area contributed by atoms with Crippen LogP contribution in [0.3, 0.4) is 0 Å². The third-order valence-electron chi connectivity index (χ3n) is 4.23. The summed E-state index contributed by atoms with van der Waals surface area (Å²) >= 11 is 8.66. The summed E-state index contributed by atoms with van der Waals surface area (Å²) in [5.74, 6) is 0.151. The van der Waals surface area contributed by atoms with Gasteiger partial charge >= 0.3 is 0 Å². The van der Waals surface area contributed by atoms with Gasteiger partial charge in [0.25, 0.3) is 5.91 Å². The Morgan fingerprint density at radius 1 is 1.29 bits per heavy atom. The lowest BCUT2D eigenvalue weighted by Crippen LogP contribution is -2.45. The van der Waals surface area contributed by atoms with Crippen LogP contribution in [0, 0.1) is 0 Å². The predicted molar refractivity (Wildman–Crippen MR) is 116 cm³/mol. The summed E-state index contributed by atoms with van der Waals surface area (Å²) < 4.78 is 6.41. The molecule has 0 fully saturated rings. The fraction of sp³-hybridized carbons (Fsp3) is 0.200. The Labute approximate surface area is 177 Å². The molecule has 0 spiro atoms. The van der Waals surface area contributed by atoms with Crippen LogP contribution in [0.4, 0.5) is 5.69 Å². The highest BCUT2D eigenvalue weighted by molar-refractivity contribution is 9.10. The lowest BCUT2D eigenvalue weighted by atomic mass is 9.94. The minimum Gasteiger partial charge on any atom is -0.504 e. The van der Waals surface area contributed by atoms with Crippen LogP contribution in [0.25, 0.3) is 0 Å². The minimum absolute atomic E-state index is 0.0451. The number of aromatic hydroxyl groups is 1. The van der Waals surface area contributed by atoms with E-state index in [0.29, 0.717) is 34.4 Å². The first-order chi connectivity index (χ1) is 13.4. The Morgan fingerprint density at radius 2 is 2.00 bits per heavy atom. The Bertz CT molecular complexity index is 944. The summed E-state index contributed by atoms with van der Waals surface area (Å²) in [4.78, 5) is 13.0. The molecule has 2 aromatic rings. The maximum atomic E-state index is 13.0. The zero-order valence-corrected chi connectivity index (χ0v) is 17.8. The largest absolute Gasteiger partial charge is 0.504 e. The zero-order valence-electron chi connectivity index (χ0n) is 15.4. The van der Waals surface area contributed by atoms with Crippen LogP contribution in [-0.4, -0.2) is 22.7 Å². The van der Waals surface area contributed by atoms with Crippen molar-refractivity contribution in [2.24, 2.45) is 0 Å². The number of hydrogen-bond donors (Lipinski definition) is 4. The molecule has 1 atom stereocenters. The van der Waals surface area contributed by atoms with Crippen LogP contribution in [0.5, 0.6) is 11.5 Å². The second-order valence-electron chi connectivity index (χ2n) is 6.19. The standard InChI is InChI=1S/C20H20BrN3O3S/c1-3-27-16-10-12(4-9-15(16)25)18-17(11(2)22-20(28)24-18)19(26)23-14-7-5-13(21)6-8-14/h4-10,18,25H,3H2,1-2H3,(H,23,26)(H2,22,24,28)/t18-/m1/s1. The smallest absolute Gasteiger partial charge is 0.255 e. The number of allylic oxidation sites excluding steroid dienone is 1. The number of nitrogens with one attached hydrogen (secondary N) is 3. The second kappa shape index (κ2) is 8.62.